The number of hydrogen-bond donors (Lipinski definition) is 2. The van der Waals surface area contributed by atoms with Crippen molar-refractivity contribution in [2.24, 2.45) is 0 Å². The molecule has 0 fully saturated rings. The summed E-state index contributed by atoms with van der Waals surface area (Å²) in [5.74, 6) is -2.08. The minimum Gasteiger partial charge on any atom is -0.480 e. The number of rotatable bonds is 6. The van der Waals surface area contributed by atoms with Crippen molar-refractivity contribution in [3.8, 4) is 0 Å². The molecule has 0 rings (SSSR count). The van der Waals surface area contributed by atoms with E-state index in [-0.39, 0.29) is 12.2 Å². The highest BCUT2D eigenvalue weighted by Crippen LogP contribution is 1.97. The van der Waals surface area contributed by atoms with Crippen LogP contribution < -0.4 is 5.32 Å². The molecule has 1 amide bonds. The van der Waals surface area contributed by atoms with E-state index in [2.05, 4.69) is 5.32 Å². The zero-order valence-electron chi connectivity index (χ0n) is 9.13. The molecule has 7 heteroatoms. The third-order valence-electron chi connectivity index (χ3n) is 1.71. The second-order valence-corrected chi connectivity index (χ2v) is 5.58. The van der Waals surface area contributed by atoms with E-state index < -0.39 is 27.8 Å². The van der Waals surface area contributed by atoms with Crippen LogP contribution in [0.3, 0.4) is 0 Å². The second kappa shape index (κ2) is 6.26. The fourth-order valence-electron chi connectivity index (χ4n) is 0.961. The van der Waals surface area contributed by atoms with E-state index in [4.69, 9.17) is 5.11 Å². The molecule has 16 heavy (non-hydrogen) atoms. The van der Waals surface area contributed by atoms with Gasteiger partial charge < -0.3 is 10.4 Å². The number of sulfone groups is 1. The van der Waals surface area contributed by atoms with Gasteiger partial charge in [0.2, 0.25) is 5.91 Å². The van der Waals surface area contributed by atoms with Crippen LogP contribution in [0.4, 0.5) is 0 Å². The molecule has 6 nitrogen and oxygen atoms in total. The second-order valence-electron chi connectivity index (χ2n) is 3.32. The molecule has 0 aromatic rings. The van der Waals surface area contributed by atoms with Gasteiger partial charge in [0.25, 0.3) is 0 Å². The highest BCUT2D eigenvalue weighted by molar-refractivity contribution is 7.90. The first-order chi connectivity index (χ1) is 7.26. The third-order valence-corrected chi connectivity index (χ3v) is 2.69. The highest BCUT2D eigenvalue weighted by Gasteiger charge is 2.20. The van der Waals surface area contributed by atoms with E-state index in [0.717, 1.165) is 6.26 Å². The van der Waals surface area contributed by atoms with E-state index in [1.54, 1.807) is 6.92 Å². The lowest BCUT2D eigenvalue weighted by molar-refractivity contribution is -0.141. The fourth-order valence-corrected chi connectivity index (χ4v) is 1.62. The van der Waals surface area contributed by atoms with Crippen LogP contribution in [0, 0.1) is 0 Å². The summed E-state index contributed by atoms with van der Waals surface area (Å²) in [5, 5.41) is 11.0. The van der Waals surface area contributed by atoms with Gasteiger partial charge in [-0.2, -0.15) is 0 Å². The first kappa shape index (κ1) is 14.6. The Hall–Kier alpha value is -1.37. The number of allylic oxidation sites excluding steroid dienone is 1. The van der Waals surface area contributed by atoms with E-state index in [1.165, 1.54) is 12.2 Å². The first-order valence-electron chi connectivity index (χ1n) is 4.60. The minimum absolute atomic E-state index is 0.141. The highest BCUT2D eigenvalue weighted by atomic mass is 32.2. The van der Waals surface area contributed by atoms with Gasteiger partial charge in [-0.1, -0.05) is 6.08 Å². The zero-order valence-corrected chi connectivity index (χ0v) is 9.95. The van der Waals surface area contributed by atoms with Gasteiger partial charge in [-0.3, -0.25) is 4.79 Å². The number of carbonyl (C=O) groups is 2. The Morgan fingerprint density at radius 3 is 2.38 bits per heavy atom. The van der Waals surface area contributed by atoms with Gasteiger partial charge >= 0.3 is 5.97 Å². The molecule has 0 spiro atoms. The van der Waals surface area contributed by atoms with Gasteiger partial charge in [-0.05, 0) is 19.4 Å². The summed E-state index contributed by atoms with van der Waals surface area (Å²) in [6.45, 7) is 1.62. The number of amides is 1. The summed E-state index contributed by atoms with van der Waals surface area (Å²) in [4.78, 5) is 21.8. The maximum atomic E-state index is 11.1. The zero-order chi connectivity index (χ0) is 12.8. The Labute approximate surface area is 94.3 Å². The maximum absolute atomic E-state index is 11.1. The number of hydrogen-bond acceptors (Lipinski definition) is 4. The van der Waals surface area contributed by atoms with Crippen molar-refractivity contribution in [1.29, 1.82) is 0 Å². The van der Waals surface area contributed by atoms with Crippen molar-refractivity contribution >= 4 is 21.7 Å². The van der Waals surface area contributed by atoms with Crippen molar-refractivity contribution in [3.63, 3.8) is 0 Å². The van der Waals surface area contributed by atoms with E-state index in [1.807, 2.05) is 0 Å². The molecular weight excluding hydrogens is 234 g/mol. The SMILES string of the molecule is C/C=C/C(=O)NC(CCS(C)(=O)=O)C(=O)O. The Balaban J connectivity index is 4.41. The molecule has 0 saturated carbocycles. The largest absolute Gasteiger partial charge is 0.480 e. The van der Waals surface area contributed by atoms with Crippen LogP contribution in [0.1, 0.15) is 13.3 Å². The van der Waals surface area contributed by atoms with E-state index in [0.29, 0.717) is 0 Å². The van der Waals surface area contributed by atoms with E-state index in [9.17, 15) is 18.0 Å². The summed E-state index contributed by atoms with van der Waals surface area (Å²) in [5.41, 5.74) is 0. The number of carboxylic acids is 1. The van der Waals surface area contributed by atoms with Crippen molar-refractivity contribution in [2.45, 2.75) is 19.4 Å². The molecule has 0 aliphatic heterocycles. The molecule has 92 valence electrons. The van der Waals surface area contributed by atoms with Gasteiger partial charge in [0.15, 0.2) is 0 Å². The van der Waals surface area contributed by atoms with Crippen molar-refractivity contribution < 1.29 is 23.1 Å². The Morgan fingerprint density at radius 1 is 1.44 bits per heavy atom. The molecule has 0 saturated heterocycles. The molecule has 0 aliphatic carbocycles. The standard InChI is InChI=1S/C9H15NO5S/c1-3-4-8(11)10-7(9(12)13)5-6-16(2,14)15/h3-4,7H,5-6H2,1-2H3,(H,10,11)(H,12,13)/b4-3+. The lowest BCUT2D eigenvalue weighted by atomic mass is 10.2. The van der Waals surface area contributed by atoms with Crippen LogP contribution in [0.25, 0.3) is 0 Å². The maximum Gasteiger partial charge on any atom is 0.326 e. The van der Waals surface area contributed by atoms with Crippen LogP contribution in [0.15, 0.2) is 12.2 Å². The summed E-state index contributed by atoms with van der Waals surface area (Å²) in [7, 11) is -3.23. The predicted molar refractivity (Wildman–Crippen MR) is 58.7 cm³/mol. The van der Waals surface area contributed by atoms with Crippen LogP contribution in [-0.4, -0.2) is 43.5 Å². The Kier molecular flexibility index (Phi) is 5.73. The molecule has 0 aromatic heterocycles. The normalized spacial score (nSPS) is 13.6. The van der Waals surface area contributed by atoms with Crippen molar-refractivity contribution in [2.75, 3.05) is 12.0 Å². The van der Waals surface area contributed by atoms with Crippen LogP contribution >= 0.6 is 0 Å². The molecule has 1 unspecified atom stereocenters. The van der Waals surface area contributed by atoms with Gasteiger partial charge in [0, 0.05) is 6.26 Å². The molecule has 2 N–H and O–H groups in total. The van der Waals surface area contributed by atoms with Gasteiger partial charge in [0.05, 0.1) is 5.75 Å². The summed E-state index contributed by atoms with van der Waals surface area (Å²) < 4.78 is 21.7. The Bertz CT molecular complexity index is 385. The quantitative estimate of drug-likeness (QED) is 0.622. The minimum atomic E-state index is -3.23. The average molecular weight is 249 g/mol. The monoisotopic (exact) mass is 249 g/mol. The lowest BCUT2D eigenvalue weighted by Gasteiger charge is -2.12. The molecule has 0 aliphatic rings. The Morgan fingerprint density at radius 2 is 2.00 bits per heavy atom. The number of carboxylic acid groups (broad SMARTS) is 1. The molecule has 0 bridgehead atoms. The molecular formula is C9H15NO5S. The van der Waals surface area contributed by atoms with Crippen molar-refractivity contribution in [1.82, 2.24) is 5.32 Å². The van der Waals surface area contributed by atoms with Crippen LogP contribution in [-0.2, 0) is 19.4 Å². The number of carbonyl (C=O) groups excluding carboxylic acids is 1. The fraction of sp³-hybridized carbons (Fsp3) is 0.556. The summed E-state index contributed by atoms with van der Waals surface area (Å²) in [6, 6.07) is -1.18. The van der Waals surface area contributed by atoms with Crippen LogP contribution in [0.2, 0.25) is 0 Å². The smallest absolute Gasteiger partial charge is 0.326 e. The summed E-state index contributed by atoms with van der Waals surface area (Å²) in [6.07, 6.45) is 3.51. The summed E-state index contributed by atoms with van der Waals surface area (Å²) >= 11 is 0. The van der Waals surface area contributed by atoms with Gasteiger partial charge in [-0.15, -0.1) is 0 Å². The average Bonchev–Trinajstić information content (AvgIpc) is 2.10. The van der Waals surface area contributed by atoms with E-state index >= 15 is 0 Å². The first-order valence-corrected chi connectivity index (χ1v) is 6.66. The van der Waals surface area contributed by atoms with Gasteiger partial charge in [0.1, 0.15) is 15.9 Å². The number of nitrogens with one attached hydrogen (secondary N) is 1. The van der Waals surface area contributed by atoms with Crippen molar-refractivity contribution in [3.05, 3.63) is 12.2 Å². The molecule has 0 aromatic carbocycles. The molecule has 1 atom stereocenters. The van der Waals surface area contributed by atoms with Crippen LogP contribution in [0.5, 0.6) is 0 Å². The number of aliphatic carboxylic acids is 1. The third kappa shape index (κ3) is 6.99. The van der Waals surface area contributed by atoms with Gasteiger partial charge in [-0.25, -0.2) is 13.2 Å². The topological polar surface area (TPSA) is 101 Å². The lowest BCUT2D eigenvalue weighted by Crippen LogP contribution is -2.41. The molecule has 0 radical (unpaired) electrons. The molecule has 0 heterocycles. The predicted octanol–water partition coefficient (Wildman–Crippen LogP) is -0.433.